The predicted octanol–water partition coefficient (Wildman–Crippen LogP) is 0.592. The maximum Gasteiger partial charge on any atom is 1.00 e. The molecular formula is C48H61N5Na2O11S. The van der Waals surface area contributed by atoms with Gasteiger partial charge in [0.15, 0.2) is 5.00 Å². The average Bonchev–Trinajstić information content (AvgIpc) is 3.60. The Kier molecular flexibility index (Phi) is 36.6. The summed E-state index contributed by atoms with van der Waals surface area (Å²) in [7, 11) is 0. The number of hydrogen-bond acceptors (Lipinski definition) is 17. The monoisotopic (exact) mass is 961 g/mol. The Bertz CT molecular complexity index is 2010. The number of carboxylic acid groups (broad SMARTS) is 2. The minimum Gasteiger partial charge on any atom is -0.550 e. The average molecular weight is 962 g/mol. The number of benzene rings is 1. The number of carbonyl (C=O) groups is 4. The molecule has 2 aromatic rings. The molecule has 1 aromatic carbocycles. The molecule has 2 atom stereocenters. The van der Waals surface area contributed by atoms with Crippen LogP contribution in [0.4, 0.5) is 16.4 Å². The Labute approximate surface area is 443 Å². The summed E-state index contributed by atoms with van der Waals surface area (Å²) >= 11 is 1.10. The largest absolute Gasteiger partial charge is 1.00 e. The first-order chi connectivity index (χ1) is 31.4. The number of carboxylic acids is 2. The van der Waals surface area contributed by atoms with Crippen LogP contribution >= 0.6 is 11.3 Å². The summed E-state index contributed by atoms with van der Waals surface area (Å²) in [6, 6.07) is 9.76. The number of ether oxygens (including phenoxy) is 5. The van der Waals surface area contributed by atoms with Crippen molar-refractivity contribution in [2.24, 2.45) is 22.1 Å². The molecule has 0 spiro atoms. The van der Waals surface area contributed by atoms with E-state index >= 15 is 0 Å². The number of unbranched alkanes of at least 4 members (excludes halogenated alkanes) is 4. The molecule has 2 unspecified atom stereocenters. The third-order valence-corrected chi connectivity index (χ3v) is 10.8. The smallest absolute Gasteiger partial charge is 0.550 e. The van der Waals surface area contributed by atoms with E-state index in [1.54, 1.807) is 25.1 Å². The zero-order valence-corrected chi connectivity index (χ0v) is 44.4. The van der Waals surface area contributed by atoms with Gasteiger partial charge in [-0.1, -0.05) is 36.5 Å². The van der Waals surface area contributed by atoms with Crippen LogP contribution in [-0.4, -0.2) is 89.8 Å². The van der Waals surface area contributed by atoms with Crippen molar-refractivity contribution in [1.82, 2.24) is 0 Å². The summed E-state index contributed by atoms with van der Waals surface area (Å²) in [5.74, 6) is -5.89. The Hall–Kier alpha value is -3.98. The van der Waals surface area contributed by atoms with Gasteiger partial charge in [-0.2, -0.15) is 10.5 Å². The van der Waals surface area contributed by atoms with Crippen LogP contribution in [0.2, 0.25) is 0 Å². The van der Waals surface area contributed by atoms with Gasteiger partial charge < -0.3 is 48.4 Å². The fourth-order valence-electron chi connectivity index (χ4n) is 5.99. The number of azo groups is 1. The van der Waals surface area contributed by atoms with Crippen LogP contribution in [0.15, 0.2) is 78.0 Å². The van der Waals surface area contributed by atoms with Gasteiger partial charge in [0, 0.05) is 42.6 Å². The number of carbonyl (C=O) groups excluding carboxylic acids is 4. The topological polar surface area (TPSA) is 236 Å². The van der Waals surface area contributed by atoms with Gasteiger partial charge in [0.25, 0.3) is 0 Å². The summed E-state index contributed by atoms with van der Waals surface area (Å²) in [6.45, 7) is 12.9. The normalized spacial score (nSPS) is 11.8. The molecule has 0 N–H and O–H groups in total. The number of aryl methyl sites for hydroxylation is 1. The summed E-state index contributed by atoms with van der Waals surface area (Å²) in [6.07, 6.45) is 15.8. The zero-order valence-electron chi connectivity index (χ0n) is 39.5. The van der Waals surface area contributed by atoms with Crippen LogP contribution in [0.25, 0.3) is 0 Å². The third kappa shape index (κ3) is 27.0. The molecule has 352 valence electrons. The second-order valence-electron chi connectivity index (χ2n) is 14.7. The van der Waals surface area contributed by atoms with Gasteiger partial charge in [-0.05, 0) is 94.5 Å². The van der Waals surface area contributed by atoms with Crippen molar-refractivity contribution < 1.29 is 112 Å². The summed E-state index contributed by atoms with van der Waals surface area (Å²) in [4.78, 5) is 50.1. The second-order valence-corrected chi connectivity index (χ2v) is 15.7. The van der Waals surface area contributed by atoms with E-state index in [1.165, 1.54) is 0 Å². The predicted molar refractivity (Wildman–Crippen MR) is 242 cm³/mol. The van der Waals surface area contributed by atoms with Crippen LogP contribution in [-0.2, 0) is 42.9 Å². The number of thiophene rings is 1. The van der Waals surface area contributed by atoms with Gasteiger partial charge in [0.05, 0.1) is 63.7 Å². The first-order valence-corrected chi connectivity index (χ1v) is 22.5. The molecule has 16 nitrogen and oxygen atoms in total. The number of allylic oxidation sites excluding steroid dienone is 6. The Morgan fingerprint density at radius 3 is 1.66 bits per heavy atom. The first-order valence-electron chi connectivity index (χ1n) is 21.6. The SMILES string of the molecule is C=CCCC/C=C/CC(CC(=O)OCCOCCOCCN(CCOCCOC(=O)CC(C/C=C/CCCC=C)C(=O)[O-])c1ccc(N=Nc2sc(C#N)c(C)c2C#N)c(C)c1)C(=O)[O-].[Na+].[Na+]. The van der Waals surface area contributed by atoms with Crippen molar-refractivity contribution in [3.05, 3.63) is 89.4 Å². The molecule has 0 saturated heterocycles. The zero-order chi connectivity index (χ0) is 47.7. The molecule has 19 heteroatoms. The van der Waals surface area contributed by atoms with Crippen LogP contribution in [0.1, 0.15) is 85.8 Å². The van der Waals surface area contributed by atoms with Gasteiger partial charge in [0.1, 0.15) is 30.2 Å². The number of aliphatic carboxylic acids is 2. The summed E-state index contributed by atoms with van der Waals surface area (Å²) in [5, 5.41) is 51.0. The number of nitriles is 2. The Morgan fingerprint density at radius 2 is 1.21 bits per heavy atom. The second kappa shape index (κ2) is 38.9. The van der Waals surface area contributed by atoms with Crippen molar-refractivity contribution in [1.29, 1.82) is 10.5 Å². The van der Waals surface area contributed by atoms with Crippen LogP contribution < -0.4 is 74.2 Å². The molecule has 0 aliphatic carbocycles. The summed E-state index contributed by atoms with van der Waals surface area (Å²) in [5.41, 5.74) is 3.08. The quantitative estimate of drug-likeness (QED) is 0.0299. The fourth-order valence-corrected chi connectivity index (χ4v) is 6.87. The number of nitrogens with zero attached hydrogens (tertiary/aromatic N) is 5. The van der Waals surface area contributed by atoms with E-state index in [9.17, 15) is 39.9 Å². The van der Waals surface area contributed by atoms with Crippen LogP contribution in [0, 0.1) is 48.3 Å². The third-order valence-electron chi connectivity index (χ3n) is 9.73. The fraction of sp³-hybridized carbons (Fsp3) is 0.500. The minimum absolute atomic E-state index is 0. The molecule has 0 bridgehead atoms. The van der Waals surface area contributed by atoms with E-state index in [0.717, 1.165) is 61.1 Å². The number of esters is 2. The molecule has 0 amide bonds. The number of anilines is 1. The maximum atomic E-state index is 12.4. The van der Waals surface area contributed by atoms with Crippen molar-refractivity contribution in [3.63, 3.8) is 0 Å². The van der Waals surface area contributed by atoms with Crippen LogP contribution in [0.5, 0.6) is 0 Å². The molecule has 2 rings (SSSR count). The molecule has 0 radical (unpaired) electrons. The van der Waals surface area contributed by atoms with E-state index < -0.39 is 35.7 Å². The molecular weight excluding hydrogens is 901 g/mol. The van der Waals surface area contributed by atoms with E-state index in [1.807, 2.05) is 48.3 Å². The van der Waals surface area contributed by atoms with Crippen molar-refractivity contribution in [2.75, 3.05) is 70.8 Å². The van der Waals surface area contributed by atoms with Crippen LogP contribution in [0.3, 0.4) is 0 Å². The molecule has 1 heterocycles. The number of rotatable bonds is 36. The molecule has 1 aromatic heterocycles. The van der Waals surface area contributed by atoms with Gasteiger partial charge in [0.2, 0.25) is 0 Å². The standard InChI is InChI=1S/C48H63N5O11S.2Na/c1-5-7-9-11-13-15-17-38(47(56)57)32-44(54)63-29-27-61-24-22-53(40-19-20-42(36(3)31-40)51-52-46-41(34-49)37(4)43(35-50)65-46)21-23-60-25-26-62-28-30-64-45(55)33-39(48(58)59)18-16-14-12-10-8-6-2;;/h5-6,13-16,19-20,31,38-39H,1-2,7-12,17-18,21-30,32-33H2,3-4H3,(H,56,57)(H,58,59);;/q;2*+1/p-2/b15-13+,16-14+,52-51?;;. The minimum atomic E-state index is -1.31. The summed E-state index contributed by atoms with van der Waals surface area (Å²) < 4.78 is 27.5. The maximum absolute atomic E-state index is 12.4. The van der Waals surface area contributed by atoms with Crippen molar-refractivity contribution >= 4 is 51.6 Å². The van der Waals surface area contributed by atoms with Crippen molar-refractivity contribution in [2.45, 2.75) is 78.1 Å². The Morgan fingerprint density at radius 1 is 0.716 bits per heavy atom. The molecule has 67 heavy (non-hydrogen) atoms. The van der Waals surface area contributed by atoms with Gasteiger partial charge in [-0.3, -0.25) is 9.59 Å². The van der Waals surface area contributed by atoms with E-state index in [4.69, 9.17) is 23.7 Å². The van der Waals surface area contributed by atoms with Gasteiger partial charge in [-0.15, -0.1) is 34.7 Å². The first kappa shape index (κ1) is 63.0. The number of hydrogen-bond donors (Lipinski definition) is 0. The molecule has 0 saturated carbocycles. The van der Waals surface area contributed by atoms with E-state index in [2.05, 4.69) is 35.5 Å². The van der Waals surface area contributed by atoms with Gasteiger partial charge in [-0.25, -0.2) is 0 Å². The van der Waals surface area contributed by atoms with Gasteiger partial charge >= 0.3 is 71.1 Å². The Balaban J connectivity index is 0.0000218. The molecule has 0 aliphatic rings. The van der Waals surface area contributed by atoms with E-state index in [0.29, 0.717) is 46.4 Å². The molecule has 0 aliphatic heterocycles. The van der Waals surface area contributed by atoms with E-state index in [-0.39, 0.29) is 131 Å². The van der Waals surface area contributed by atoms with Crippen molar-refractivity contribution in [3.8, 4) is 12.1 Å². The molecule has 0 fully saturated rings.